The minimum absolute atomic E-state index is 0.0137. The number of rotatable bonds is 10. The smallest absolute Gasteiger partial charge is 0.303 e. The fourth-order valence-electron chi connectivity index (χ4n) is 7.69. The third kappa shape index (κ3) is 9.48. The lowest BCUT2D eigenvalue weighted by molar-refractivity contribution is -0.278. The molecule has 2 saturated heterocycles. The van der Waals surface area contributed by atoms with Crippen LogP contribution in [-0.4, -0.2) is 64.2 Å². The third-order valence-corrected chi connectivity index (χ3v) is 10.3. The molecule has 3 N–H and O–H groups in total. The van der Waals surface area contributed by atoms with Crippen LogP contribution in [0.4, 0.5) is 0 Å². The molecule has 2 heterocycles. The van der Waals surface area contributed by atoms with Crippen LogP contribution in [0.15, 0.2) is 48.5 Å². The maximum atomic E-state index is 13.8. The van der Waals surface area contributed by atoms with Crippen molar-refractivity contribution in [2.45, 2.75) is 135 Å². The molecule has 3 aliphatic rings. The number of piperidine rings is 1. The van der Waals surface area contributed by atoms with Crippen LogP contribution in [0.3, 0.4) is 0 Å². The number of carbonyl (C=O) groups excluding carboxylic acids is 3. The number of ether oxygens (including phenoxy) is 3. The molecule has 0 aromatic heterocycles. The van der Waals surface area contributed by atoms with Gasteiger partial charge in [0.2, 0.25) is 5.91 Å². The van der Waals surface area contributed by atoms with Crippen LogP contribution < -0.4 is 10.6 Å². The molecule has 5 rings (SSSR count). The van der Waals surface area contributed by atoms with Crippen molar-refractivity contribution in [3.05, 3.63) is 70.8 Å². The molecular formula is C39H55N3O7. The first-order valence-corrected chi connectivity index (χ1v) is 17.9. The lowest BCUT2D eigenvalue weighted by atomic mass is 9.75. The molecule has 0 bridgehead atoms. The van der Waals surface area contributed by atoms with Crippen LogP contribution in [0, 0.1) is 11.8 Å². The highest BCUT2D eigenvalue weighted by Crippen LogP contribution is 2.44. The van der Waals surface area contributed by atoms with E-state index >= 15 is 0 Å². The van der Waals surface area contributed by atoms with Crippen LogP contribution >= 0.6 is 0 Å². The van der Waals surface area contributed by atoms with Gasteiger partial charge in [-0.25, -0.2) is 0 Å². The maximum absolute atomic E-state index is 13.8. The van der Waals surface area contributed by atoms with Gasteiger partial charge in [0.1, 0.15) is 0 Å². The summed E-state index contributed by atoms with van der Waals surface area (Å²) in [5.41, 5.74) is 3.27. The van der Waals surface area contributed by atoms with Gasteiger partial charge in [0.05, 0.1) is 24.9 Å². The zero-order valence-electron chi connectivity index (χ0n) is 29.9. The number of aliphatic hydroxyl groups excluding tert-OH is 1. The van der Waals surface area contributed by atoms with Crippen LogP contribution in [0.5, 0.6) is 0 Å². The molecule has 10 heteroatoms. The summed E-state index contributed by atoms with van der Waals surface area (Å²) in [5.74, 6) is -0.200. The minimum atomic E-state index is -0.869. The van der Waals surface area contributed by atoms with E-state index in [9.17, 15) is 19.5 Å². The number of aliphatic hydroxyl groups is 1. The van der Waals surface area contributed by atoms with Crippen molar-refractivity contribution in [2.75, 3.05) is 6.54 Å². The quantitative estimate of drug-likeness (QED) is 0.283. The monoisotopic (exact) mass is 677 g/mol. The summed E-state index contributed by atoms with van der Waals surface area (Å²) in [7, 11) is 0. The molecule has 2 amide bonds. The fraction of sp³-hybridized carbons (Fsp3) is 0.615. The molecule has 3 fully saturated rings. The number of likely N-dealkylation sites (tertiary alicyclic amines) is 1. The number of hydrogen-bond acceptors (Lipinski definition) is 8. The normalized spacial score (nSPS) is 28.2. The molecule has 10 nitrogen and oxygen atoms in total. The number of nitrogens with zero attached hydrogens (tertiary/aromatic N) is 1. The van der Waals surface area contributed by atoms with Gasteiger partial charge in [-0.05, 0) is 76.0 Å². The van der Waals surface area contributed by atoms with E-state index in [1.807, 2.05) is 69.3 Å². The van der Waals surface area contributed by atoms with E-state index in [1.54, 1.807) is 6.92 Å². The molecular weight excluding hydrogens is 622 g/mol. The van der Waals surface area contributed by atoms with E-state index < -0.39 is 18.4 Å². The van der Waals surface area contributed by atoms with Crippen LogP contribution in [0.2, 0.25) is 0 Å². The number of esters is 1. The van der Waals surface area contributed by atoms with E-state index in [1.165, 1.54) is 26.2 Å². The molecule has 0 spiro atoms. The second-order valence-corrected chi connectivity index (χ2v) is 15.2. The first-order chi connectivity index (χ1) is 23.3. The average Bonchev–Trinajstić information content (AvgIpc) is 3.07. The second-order valence-electron chi connectivity index (χ2n) is 15.2. The predicted octanol–water partition coefficient (Wildman–Crippen LogP) is 5.48. The van der Waals surface area contributed by atoms with Gasteiger partial charge in [-0.2, -0.15) is 0 Å². The Morgan fingerprint density at radius 1 is 0.939 bits per heavy atom. The van der Waals surface area contributed by atoms with Gasteiger partial charge < -0.3 is 30.0 Å². The van der Waals surface area contributed by atoms with Crippen LogP contribution in [0.25, 0.3) is 0 Å². The van der Waals surface area contributed by atoms with Crippen molar-refractivity contribution in [1.82, 2.24) is 15.5 Å². The van der Waals surface area contributed by atoms with Crippen LogP contribution in [-0.2, 0) is 41.7 Å². The Labute approximate surface area is 291 Å². The van der Waals surface area contributed by atoms with Gasteiger partial charge in [0, 0.05) is 43.1 Å². The number of hydrogen-bond donors (Lipinski definition) is 3. The standard InChI is InChI=1S/C39H55N3O7/c1-24-34(22-42-32-10-8-7-9-29(32)19-20-33(42)37(46)41-39(4,5)6)48-38(49-35(24)30-15-13-28(23-43)14-16-30)31-17-11-27(12-18-31)21-40-36(45)25(2)47-26(3)44/h11-18,24-25,29,32-35,38,43H,7-10,19-23H2,1-6H3,(H,40,45)(H,41,46). The summed E-state index contributed by atoms with van der Waals surface area (Å²) in [5, 5.41) is 15.7. The Kier molecular flexibility index (Phi) is 12.2. The molecule has 2 aliphatic heterocycles. The minimum Gasteiger partial charge on any atom is -0.453 e. The summed E-state index contributed by atoms with van der Waals surface area (Å²) >= 11 is 0. The zero-order chi connectivity index (χ0) is 35.3. The first-order valence-electron chi connectivity index (χ1n) is 17.9. The summed E-state index contributed by atoms with van der Waals surface area (Å²) in [6.45, 7) is 12.0. The topological polar surface area (TPSA) is 126 Å². The zero-order valence-corrected chi connectivity index (χ0v) is 29.9. The van der Waals surface area contributed by atoms with Crippen molar-refractivity contribution in [3.63, 3.8) is 0 Å². The largest absolute Gasteiger partial charge is 0.453 e. The first kappa shape index (κ1) is 37.0. The van der Waals surface area contributed by atoms with Crippen molar-refractivity contribution >= 4 is 17.8 Å². The van der Waals surface area contributed by atoms with Gasteiger partial charge in [0.25, 0.3) is 5.91 Å². The van der Waals surface area contributed by atoms with Gasteiger partial charge >= 0.3 is 5.97 Å². The summed E-state index contributed by atoms with van der Waals surface area (Å²) in [6, 6.07) is 15.8. The van der Waals surface area contributed by atoms with Crippen molar-refractivity contribution in [1.29, 1.82) is 0 Å². The molecule has 8 unspecified atom stereocenters. The highest BCUT2D eigenvalue weighted by Gasteiger charge is 2.46. The van der Waals surface area contributed by atoms with Crippen LogP contribution in [0.1, 0.15) is 115 Å². The third-order valence-electron chi connectivity index (χ3n) is 10.3. The van der Waals surface area contributed by atoms with Gasteiger partial charge in [-0.15, -0.1) is 0 Å². The molecule has 1 saturated carbocycles. The van der Waals surface area contributed by atoms with Gasteiger partial charge in [0.15, 0.2) is 12.4 Å². The SMILES string of the molecule is CC(=O)OC(C)C(=O)NCc1ccc(C2OC(CN3C(C(=O)NC(C)(C)C)CCC4CCCCC43)C(C)C(c3ccc(CO)cc3)O2)cc1. The predicted molar refractivity (Wildman–Crippen MR) is 186 cm³/mol. The highest BCUT2D eigenvalue weighted by molar-refractivity contribution is 5.83. The van der Waals surface area contributed by atoms with E-state index in [4.69, 9.17) is 14.2 Å². The van der Waals surface area contributed by atoms with Crippen molar-refractivity contribution in [3.8, 4) is 0 Å². The van der Waals surface area contributed by atoms with Gasteiger partial charge in [-0.1, -0.05) is 68.3 Å². The molecule has 268 valence electrons. The Balaban J connectivity index is 1.39. The molecule has 0 radical (unpaired) electrons. The Bertz CT molecular complexity index is 1420. The molecule has 2 aromatic carbocycles. The maximum Gasteiger partial charge on any atom is 0.303 e. The van der Waals surface area contributed by atoms with Crippen molar-refractivity contribution < 1.29 is 33.7 Å². The van der Waals surface area contributed by atoms with E-state index in [0.29, 0.717) is 18.5 Å². The number of fused-ring (bicyclic) bond motifs is 1. The van der Waals surface area contributed by atoms with E-state index in [0.717, 1.165) is 41.5 Å². The molecule has 2 aromatic rings. The Morgan fingerprint density at radius 2 is 1.59 bits per heavy atom. The van der Waals surface area contributed by atoms with E-state index in [-0.39, 0.29) is 54.7 Å². The number of amides is 2. The number of carbonyl (C=O) groups is 3. The Morgan fingerprint density at radius 3 is 2.24 bits per heavy atom. The lowest BCUT2D eigenvalue weighted by Gasteiger charge is -2.51. The molecule has 49 heavy (non-hydrogen) atoms. The number of benzene rings is 2. The van der Waals surface area contributed by atoms with E-state index in [2.05, 4.69) is 22.5 Å². The molecule has 8 atom stereocenters. The lowest BCUT2D eigenvalue weighted by Crippen LogP contribution is -2.61. The average molecular weight is 678 g/mol. The molecule has 1 aliphatic carbocycles. The van der Waals surface area contributed by atoms with Crippen molar-refractivity contribution in [2.24, 2.45) is 11.8 Å². The summed E-state index contributed by atoms with van der Waals surface area (Å²) in [6.07, 6.45) is 4.63. The highest BCUT2D eigenvalue weighted by atomic mass is 16.7. The summed E-state index contributed by atoms with van der Waals surface area (Å²) in [4.78, 5) is 39.8. The fourth-order valence-corrected chi connectivity index (χ4v) is 7.69. The summed E-state index contributed by atoms with van der Waals surface area (Å²) < 4.78 is 18.5. The van der Waals surface area contributed by atoms with Gasteiger partial charge in [-0.3, -0.25) is 19.3 Å². The number of nitrogens with one attached hydrogen (secondary N) is 2. The second kappa shape index (κ2) is 16.1. The Hall–Kier alpha value is -3.31.